The smallest absolute Gasteiger partial charge is 0.270 e. The molecule has 1 aromatic heterocycles. The lowest BCUT2D eigenvalue weighted by atomic mass is 9.98. The quantitative estimate of drug-likeness (QED) is 0.896. The van der Waals surface area contributed by atoms with Gasteiger partial charge >= 0.3 is 0 Å². The first-order valence-electron chi connectivity index (χ1n) is 6.99. The van der Waals surface area contributed by atoms with Gasteiger partial charge in [0, 0.05) is 19.3 Å². The van der Waals surface area contributed by atoms with Crippen LogP contribution in [0.2, 0.25) is 0 Å². The highest BCUT2D eigenvalue weighted by Crippen LogP contribution is 2.18. The molecule has 1 unspecified atom stereocenters. The van der Waals surface area contributed by atoms with Crippen LogP contribution < -0.4 is 5.32 Å². The van der Waals surface area contributed by atoms with E-state index in [0.29, 0.717) is 24.7 Å². The molecule has 112 valence electrons. The third-order valence-corrected chi connectivity index (χ3v) is 3.68. The summed E-state index contributed by atoms with van der Waals surface area (Å²) in [7, 11) is 1.90. The number of likely N-dealkylation sites (tertiary alicyclic amines) is 1. The molecule has 0 aromatic carbocycles. The van der Waals surface area contributed by atoms with Crippen molar-refractivity contribution in [2.75, 3.05) is 26.7 Å². The maximum Gasteiger partial charge on any atom is 0.270 e. The molecule has 2 rings (SSSR count). The number of hydrogen-bond donors (Lipinski definition) is 1. The van der Waals surface area contributed by atoms with Crippen molar-refractivity contribution in [3.63, 3.8) is 0 Å². The first-order chi connectivity index (χ1) is 9.61. The van der Waals surface area contributed by atoms with Gasteiger partial charge in [-0.3, -0.25) is 4.79 Å². The van der Waals surface area contributed by atoms with Gasteiger partial charge in [0.05, 0.1) is 6.54 Å². The summed E-state index contributed by atoms with van der Waals surface area (Å²) < 4.78 is 26.3. The lowest BCUT2D eigenvalue weighted by Gasteiger charge is -2.33. The molecular formula is C14H21F2N3O. The summed E-state index contributed by atoms with van der Waals surface area (Å²) >= 11 is 0. The second-order valence-corrected chi connectivity index (χ2v) is 5.25. The van der Waals surface area contributed by atoms with Gasteiger partial charge in [0.15, 0.2) is 0 Å². The fourth-order valence-corrected chi connectivity index (χ4v) is 2.78. The molecule has 0 saturated carbocycles. The van der Waals surface area contributed by atoms with Crippen LogP contribution in [0.5, 0.6) is 0 Å². The average Bonchev–Trinajstić information content (AvgIpc) is 2.86. The maximum atomic E-state index is 12.5. The first-order valence-corrected chi connectivity index (χ1v) is 6.99. The molecule has 0 spiro atoms. The van der Waals surface area contributed by atoms with Crippen molar-refractivity contribution in [2.24, 2.45) is 5.92 Å². The standard InChI is InChI=1S/C14H21F2N3O/c1-17-8-11-4-2-7-19(9-11)14(20)12-5-3-6-18(12)10-13(15)16/h3,5-6,11,13,17H,2,4,7-10H2,1H3. The zero-order valence-electron chi connectivity index (χ0n) is 11.7. The van der Waals surface area contributed by atoms with E-state index in [1.165, 1.54) is 10.8 Å². The highest BCUT2D eigenvalue weighted by molar-refractivity contribution is 5.92. The van der Waals surface area contributed by atoms with E-state index >= 15 is 0 Å². The van der Waals surface area contributed by atoms with Crippen molar-refractivity contribution in [3.05, 3.63) is 24.0 Å². The zero-order valence-corrected chi connectivity index (χ0v) is 11.7. The van der Waals surface area contributed by atoms with Gasteiger partial charge in [-0.2, -0.15) is 0 Å². The van der Waals surface area contributed by atoms with E-state index in [1.54, 1.807) is 17.0 Å². The zero-order chi connectivity index (χ0) is 14.5. The second-order valence-electron chi connectivity index (χ2n) is 5.25. The van der Waals surface area contributed by atoms with Crippen molar-refractivity contribution in [3.8, 4) is 0 Å². The fourth-order valence-electron chi connectivity index (χ4n) is 2.78. The van der Waals surface area contributed by atoms with Crippen molar-refractivity contribution >= 4 is 5.91 Å². The van der Waals surface area contributed by atoms with Crippen LogP contribution in [0.4, 0.5) is 8.78 Å². The minimum atomic E-state index is -2.45. The molecule has 0 bridgehead atoms. The fraction of sp³-hybridized carbons (Fsp3) is 0.643. The van der Waals surface area contributed by atoms with E-state index in [0.717, 1.165) is 19.4 Å². The SMILES string of the molecule is CNCC1CCCN(C(=O)c2cccn2CC(F)F)C1. The number of carbonyl (C=O) groups is 1. The number of nitrogens with zero attached hydrogens (tertiary/aromatic N) is 2. The van der Waals surface area contributed by atoms with Gasteiger partial charge < -0.3 is 14.8 Å². The van der Waals surface area contributed by atoms with Gasteiger partial charge in [0.1, 0.15) is 5.69 Å². The molecule has 1 N–H and O–H groups in total. The number of nitrogens with one attached hydrogen (secondary N) is 1. The van der Waals surface area contributed by atoms with Crippen molar-refractivity contribution in [2.45, 2.75) is 25.8 Å². The number of rotatable bonds is 5. The summed E-state index contributed by atoms with van der Waals surface area (Å²) in [5.41, 5.74) is 0.357. The minimum Gasteiger partial charge on any atom is -0.338 e. The van der Waals surface area contributed by atoms with Crippen LogP contribution in [0.1, 0.15) is 23.3 Å². The molecule has 20 heavy (non-hydrogen) atoms. The Balaban J connectivity index is 2.05. The summed E-state index contributed by atoms with van der Waals surface area (Å²) in [4.78, 5) is 14.2. The van der Waals surface area contributed by atoms with E-state index in [4.69, 9.17) is 0 Å². The molecule has 2 heterocycles. The highest BCUT2D eigenvalue weighted by Gasteiger charge is 2.25. The molecule has 1 aliphatic heterocycles. The minimum absolute atomic E-state index is 0.142. The van der Waals surface area contributed by atoms with E-state index in [2.05, 4.69) is 5.32 Å². The monoisotopic (exact) mass is 285 g/mol. The lowest BCUT2D eigenvalue weighted by Crippen LogP contribution is -2.43. The third-order valence-electron chi connectivity index (χ3n) is 3.68. The normalized spacial score (nSPS) is 19.6. The molecule has 0 radical (unpaired) electrons. The molecular weight excluding hydrogens is 264 g/mol. The molecule has 1 saturated heterocycles. The maximum absolute atomic E-state index is 12.5. The molecule has 1 aliphatic rings. The topological polar surface area (TPSA) is 37.3 Å². The second kappa shape index (κ2) is 6.83. The van der Waals surface area contributed by atoms with E-state index in [9.17, 15) is 13.6 Å². The Labute approximate surface area is 117 Å². The number of aromatic nitrogens is 1. The first kappa shape index (κ1) is 15.0. The van der Waals surface area contributed by atoms with Crippen LogP contribution in [-0.2, 0) is 6.54 Å². The Morgan fingerprint density at radius 1 is 1.55 bits per heavy atom. The number of carbonyl (C=O) groups excluding carboxylic acids is 1. The Hall–Kier alpha value is -1.43. The van der Waals surface area contributed by atoms with Crippen LogP contribution >= 0.6 is 0 Å². The van der Waals surface area contributed by atoms with E-state index < -0.39 is 13.0 Å². The number of halogens is 2. The van der Waals surface area contributed by atoms with Crippen molar-refractivity contribution < 1.29 is 13.6 Å². The molecule has 1 atom stereocenters. The van der Waals surface area contributed by atoms with Crippen LogP contribution in [0.3, 0.4) is 0 Å². The Bertz CT molecular complexity index is 445. The summed E-state index contributed by atoms with van der Waals surface area (Å²) in [5, 5.41) is 3.13. The van der Waals surface area contributed by atoms with Gasteiger partial charge in [-0.1, -0.05) is 0 Å². The molecule has 1 fully saturated rings. The molecule has 6 heteroatoms. The molecule has 4 nitrogen and oxygen atoms in total. The third kappa shape index (κ3) is 3.56. The van der Waals surface area contributed by atoms with Gasteiger partial charge in [0.25, 0.3) is 12.3 Å². The summed E-state index contributed by atoms with van der Waals surface area (Å²) in [6.45, 7) is 1.85. The summed E-state index contributed by atoms with van der Waals surface area (Å²) in [6.07, 6.45) is 1.15. The van der Waals surface area contributed by atoms with E-state index in [-0.39, 0.29) is 5.91 Å². The lowest BCUT2D eigenvalue weighted by molar-refractivity contribution is 0.0655. The summed E-state index contributed by atoms with van der Waals surface area (Å²) in [6, 6.07) is 3.26. The predicted octanol–water partition coefficient (Wildman–Crippen LogP) is 1.82. The highest BCUT2D eigenvalue weighted by atomic mass is 19.3. The van der Waals surface area contributed by atoms with Crippen molar-refractivity contribution in [1.29, 1.82) is 0 Å². The van der Waals surface area contributed by atoms with Crippen LogP contribution in [0, 0.1) is 5.92 Å². The van der Waals surface area contributed by atoms with Crippen LogP contribution in [-0.4, -0.2) is 48.5 Å². The number of piperidine rings is 1. The Morgan fingerprint density at radius 2 is 2.35 bits per heavy atom. The predicted molar refractivity (Wildman–Crippen MR) is 73.0 cm³/mol. The van der Waals surface area contributed by atoms with Crippen LogP contribution in [0.15, 0.2) is 18.3 Å². The molecule has 0 aliphatic carbocycles. The van der Waals surface area contributed by atoms with E-state index in [1.807, 2.05) is 7.05 Å². The average molecular weight is 285 g/mol. The number of alkyl halides is 2. The molecule has 1 aromatic rings. The Kier molecular flexibility index (Phi) is 5.11. The van der Waals surface area contributed by atoms with Gasteiger partial charge in [-0.05, 0) is 44.5 Å². The number of hydrogen-bond acceptors (Lipinski definition) is 2. The Morgan fingerprint density at radius 3 is 3.05 bits per heavy atom. The van der Waals surface area contributed by atoms with Crippen molar-refractivity contribution in [1.82, 2.24) is 14.8 Å². The van der Waals surface area contributed by atoms with Gasteiger partial charge in [-0.25, -0.2) is 8.78 Å². The molecule has 1 amide bonds. The number of amides is 1. The van der Waals surface area contributed by atoms with Crippen LogP contribution in [0.25, 0.3) is 0 Å². The van der Waals surface area contributed by atoms with Gasteiger partial charge in [0.2, 0.25) is 0 Å². The largest absolute Gasteiger partial charge is 0.338 e. The summed E-state index contributed by atoms with van der Waals surface area (Å²) in [5.74, 6) is 0.299. The van der Waals surface area contributed by atoms with Gasteiger partial charge in [-0.15, -0.1) is 0 Å².